The molecule has 1 aromatic heterocycles. The molecular formula is C6H7B25NO. The van der Waals surface area contributed by atoms with E-state index < -0.39 is 70.2 Å². The third kappa shape index (κ3) is 11.1. The summed E-state index contributed by atoms with van der Waals surface area (Å²) in [4.78, 5) is 3.85. The van der Waals surface area contributed by atoms with Crippen molar-refractivity contribution in [2.45, 2.75) is 6.61 Å². The van der Waals surface area contributed by atoms with E-state index in [9.17, 15) is 0 Å². The molecule has 1 aromatic rings. The minimum atomic E-state index is -0.960. The van der Waals surface area contributed by atoms with E-state index in [0.717, 1.165) is 0 Å². The lowest BCUT2D eigenvalue weighted by Crippen LogP contribution is -2.85. The normalized spacial score (nSPS) is 9.24. The van der Waals surface area contributed by atoms with Gasteiger partial charge in [0.1, 0.15) is 0 Å². The van der Waals surface area contributed by atoms with E-state index in [-0.39, 0.29) is 6.61 Å². The Kier molecular flexibility index (Phi) is 17.6. The van der Waals surface area contributed by atoms with Crippen LogP contribution in [0, 0.1) is 0 Å². The van der Waals surface area contributed by atoms with Gasteiger partial charge in [0.25, 0.3) is 0 Å². The largest absolute Gasteiger partial charge is 0.390 e. The van der Waals surface area contributed by atoms with Crippen molar-refractivity contribution >= 4 is 178 Å². The van der Waals surface area contributed by atoms with Crippen molar-refractivity contribution in [2.24, 2.45) is 0 Å². The highest BCUT2D eigenvalue weighted by molar-refractivity contribution is 8.24. The fourth-order valence-electron chi connectivity index (χ4n) is 4.08. The molecule has 0 unspecified atom stereocenters. The van der Waals surface area contributed by atoms with Crippen molar-refractivity contribution in [1.29, 1.82) is 0 Å². The first-order valence-corrected chi connectivity index (χ1v) is 10.4. The van der Waals surface area contributed by atoms with E-state index in [0.29, 0.717) is 5.69 Å². The van der Waals surface area contributed by atoms with Gasteiger partial charge in [-0.25, -0.2) is 0 Å². The van der Waals surface area contributed by atoms with Crippen molar-refractivity contribution in [1.82, 2.24) is 4.98 Å². The molecule has 1 rings (SSSR count). The Morgan fingerprint density at radius 1 is 0.636 bits per heavy atom. The van der Waals surface area contributed by atoms with Gasteiger partial charge in [0.15, 0.2) is 0 Å². The molecule has 0 aliphatic heterocycles. The van der Waals surface area contributed by atoms with Gasteiger partial charge in [-0.05, 0) is 12.1 Å². The number of aliphatic hydroxyl groups is 1. The fourth-order valence-corrected chi connectivity index (χ4v) is 4.08. The van der Waals surface area contributed by atoms with Crippen LogP contribution >= 0.6 is 0 Å². The Morgan fingerprint density at radius 3 is 1.27 bits per heavy atom. The van der Waals surface area contributed by atoms with Gasteiger partial charge in [-0.2, -0.15) is 0 Å². The molecule has 27 radical (unpaired) electrons. The molecule has 0 atom stereocenters. The lowest BCUT2D eigenvalue weighted by molar-refractivity contribution is 0.277. The molecule has 27 heteroatoms. The van der Waals surface area contributed by atoms with E-state index in [1.165, 1.54) is 7.06 Å². The number of pyridine rings is 1. The standard InChI is InChI=1S/C6H7NO.B25/c8-5-6-3-1-2-4-7-6;1-14-21(15(2)3)24(20(12)13)25(22(16(4)5)17(6)7)23(18(8)9)19(10)11/h1-4,8H,5H2;. The molecule has 0 amide bonds. The van der Waals surface area contributed by atoms with Crippen molar-refractivity contribution in [3.8, 4) is 0 Å². The maximum Gasteiger partial charge on any atom is 0.0852 e. The molecule has 0 aliphatic carbocycles. The van der Waals surface area contributed by atoms with Crippen LogP contribution in [0.3, 0.4) is 0 Å². The number of hydrogen-bond acceptors (Lipinski definition) is 2. The molecule has 0 aromatic carbocycles. The van der Waals surface area contributed by atoms with Crippen LogP contribution in [-0.4, -0.2) is 188 Å². The Labute approximate surface area is 223 Å². The SMILES string of the molecule is OCc1ccccn1.[B][B]B(B([B])[B])B(B([B])[B])B(B(B([B])[B])B([B])[B])B(B([B])[B])B([B])[B]. The number of nitrogens with zero attached hydrogens (tertiary/aromatic N) is 1. The monoisotopic (exact) mass is 384 g/mol. The van der Waals surface area contributed by atoms with Gasteiger partial charge in [0.2, 0.25) is 0 Å². The van der Waals surface area contributed by atoms with Gasteiger partial charge in [0, 0.05) is 184 Å². The minimum Gasteiger partial charge on any atom is -0.390 e. The van der Waals surface area contributed by atoms with Gasteiger partial charge in [0.05, 0.1) is 12.3 Å². The number of rotatable bonds is 12. The van der Waals surface area contributed by atoms with Crippen LogP contribution in [0.2, 0.25) is 0 Å². The van der Waals surface area contributed by atoms with Crippen molar-refractivity contribution < 1.29 is 5.11 Å². The smallest absolute Gasteiger partial charge is 0.0852 e. The molecule has 0 fully saturated rings. The first-order valence-electron chi connectivity index (χ1n) is 10.4. The molecule has 117 valence electrons. The van der Waals surface area contributed by atoms with Gasteiger partial charge in [-0.1, -0.05) is 6.07 Å². The van der Waals surface area contributed by atoms with E-state index in [1.807, 2.05) is 12.1 Å². The summed E-state index contributed by atoms with van der Waals surface area (Å²) in [6.45, 7) is 0.0286. The Hall–Kier alpha value is 0.733. The molecule has 33 heavy (non-hydrogen) atoms. The summed E-state index contributed by atoms with van der Waals surface area (Å²) in [7, 11) is 77.9. The zero-order valence-corrected chi connectivity index (χ0v) is 18.8. The second-order valence-electron chi connectivity index (χ2n) is 8.02. The Morgan fingerprint density at radius 2 is 1.06 bits per heavy atom. The van der Waals surface area contributed by atoms with Crippen molar-refractivity contribution in [2.75, 3.05) is 0 Å². The first-order chi connectivity index (χ1) is 15.3. The van der Waals surface area contributed by atoms with E-state index in [4.69, 9.17) is 106 Å². The number of aliphatic hydroxyl groups excluding tert-OH is 1. The number of hydrogen-bond donors (Lipinski definition) is 1. The van der Waals surface area contributed by atoms with Crippen LogP contribution < -0.4 is 0 Å². The summed E-state index contributed by atoms with van der Waals surface area (Å²) < 4.78 is 0. The maximum atomic E-state index is 8.48. The highest BCUT2D eigenvalue weighted by Crippen LogP contribution is 2.10. The van der Waals surface area contributed by atoms with Crippen molar-refractivity contribution in [3.63, 3.8) is 0 Å². The molecule has 0 spiro atoms. The van der Waals surface area contributed by atoms with E-state index in [1.54, 1.807) is 12.3 Å². The second-order valence-corrected chi connectivity index (χ2v) is 8.02. The van der Waals surface area contributed by atoms with Crippen LogP contribution in [0.25, 0.3) is 0 Å². The highest BCUT2D eigenvalue weighted by atomic mass is 16.3. The summed E-state index contributed by atoms with van der Waals surface area (Å²) in [6, 6.07) is 5.44. The van der Waals surface area contributed by atoms with Crippen LogP contribution in [-0.2, 0) is 6.61 Å². The maximum absolute atomic E-state index is 8.48. The third-order valence-electron chi connectivity index (χ3n) is 5.55. The predicted octanol–water partition coefficient (Wildman–Crippen LogP) is -8.95. The molecule has 0 aliphatic rings. The summed E-state index contributed by atoms with van der Waals surface area (Å²) in [5, 5.41) is 8.48. The quantitative estimate of drug-likeness (QED) is 0.366. The first kappa shape index (κ1) is 33.7. The lowest BCUT2D eigenvalue weighted by atomic mass is 8.35. The number of aromatic nitrogens is 1. The average Bonchev–Trinajstić information content (AvgIpc) is 2.70. The van der Waals surface area contributed by atoms with Crippen LogP contribution in [0.5, 0.6) is 0 Å². The lowest BCUT2D eigenvalue weighted by Gasteiger charge is -2.47. The summed E-state index contributed by atoms with van der Waals surface area (Å²) in [5.74, 6) is 0. The Balaban J connectivity index is 0.00000106. The predicted molar refractivity (Wildman–Crippen MR) is 174 cm³/mol. The summed E-state index contributed by atoms with van der Waals surface area (Å²) in [6.07, 6.45) is -7.53. The van der Waals surface area contributed by atoms with E-state index >= 15 is 0 Å². The summed E-state index contributed by atoms with van der Waals surface area (Å²) in [5.41, 5.74) is 0.715. The molecule has 0 saturated heterocycles. The molecule has 2 nitrogen and oxygen atoms in total. The van der Waals surface area contributed by atoms with Crippen LogP contribution in [0.4, 0.5) is 0 Å². The topological polar surface area (TPSA) is 33.1 Å². The highest BCUT2D eigenvalue weighted by Gasteiger charge is 2.48. The van der Waals surface area contributed by atoms with Crippen molar-refractivity contribution in [3.05, 3.63) is 30.1 Å². The zero-order chi connectivity index (χ0) is 25.9. The fraction of sp³-hybridized carbons (Fsp3) is 0.167. The molecule has 0 saturated carbocycles. The zero-order valence-electron chi connectivity index (χ0n) is 18.8. The Bertz CT molecular complexity index is 576. The molecule has 1 heterocycles. The minimum absolute atomic E-state index is 0.0286. The summed E-state index contributed by atoms with van der Waals surface area (Å²) >= 11 is 0. The van der Waals surface area contributed by atoms with Crippen LogP contribution in [0.1, 0.15) is 5.69 Å². The van der Waals surface area contributed by atoms with Gasteiger partial charge < -0.3 is 5.11 Å². The van der Waals surface area contributed by atoms with Gasteiger partial charge >= 0.3 is 0 Å². The van der Waals surface area contributed by atoms with Gasteiger partial charge in [-0.15, -0.1) is 0 Å². The molecule has 0 bridgehead atoms. The van der Waals surface area contributed by atoms with Gasteiger partial charge in [-0.3, -0.25) is 4.98 Å². The molecule has 1 N–H and O–H groups in total. The average molecular weight is 379 g/mol. The molecular weight excluding hydrogens is 372 g/mol. The van der Waals surface area contributed by atoms with Crippen LogP contribution in [0.15, 0.2) is 24.4 Å². The second kappa shape index (κ2) is 17.2. The van der Waals surface area contributed by atoms with E-state index in [2.05, 4.69) is 4.98 Å². The third-order valence-corrected chi connectivity index (χ3v) is 5.55.